The molecule has 4 rings (SSSR count). The lowest BCUT2D eigenvalue weighted by Crippen LogP contribution is -2.52. The van der Waals surface area contributed by atoms with Crippen LogP contribution in [0.25, 0.3) is 0 Å². The van der Waals surface area contributed by atoms with E-state index in [1.807, 2.05) is 6.92 Å². The van der Waals surface area contributed by atoms with Gasteiger partial charge in [-0.3, -0.25) is 4.99 Å². The van der Waals surface area contributed by atoms with Crippen LogP contribution in [0.1, 0.15) is 57.6 Å². The third-order valence-corrected chi connectivity index (χ3v) is 6.96. The summed E-state index contributed by atoms with van der Waals surface area (Å²) in [5, 5.41) is 3.64. The summed E-state index contributed by atoms with van der Waals surface area (Å²) in [6.07, 6.45) is 6.15. The molecule has 0 amide bonds. The van der Waals surface area contributed by atoms with E-state index in [0.29, 0.717) is 12.2 Å². The van der Waals surface area contributed by atoms with Gasteiger partial charge in [-0.1, -0.05) is 34.2 Å². The SMILES string of the molecule is CC1=NC2(NC1=S)c1cc(Br)ccc1CC21CCC(OC(C)C)CC1. The second-order valence-corrected chi connectivity index (χ2v) is 9.33. The summed E-state index contributed by atoms with van der Waals surface area (Å²) in [6.45, 7) is 6.28. The lowest BCUT2D eigenvalue weighted by atomic mass is 9.65. The summed E-state index contributed by atoms with van der Waals surface area (Å²) in [6, 6.07) is 6.63. The Morgan fingerprint density at radius 3 is 2.64 bits per heavy atom. The predicted octanol–water partition coefficient (Wildman–Crippen LogP) is 4.90. The number of fused-ring (bicyclic) bond motifs is 3. The van der Waals surface area contributed by atoms with Gasteiger partial charge >= 0.3 is 0 Å². The van der Waals surface area contributed by atoms with Crippen LogP contribution in [0.3, 0.4) is 0 Å². The lowest BCUT2D eigenvalue weighted by molar-refractivity contribution is -0.0514. The molecule has 25 heavy (non-hydrogen) atoms. The van der Waals surface area contributed by atoms with Gasteiger partial charge in [-0.2, -0.15) is 0 Å². The molecule has 1 aromatic carbocycles. The van der Waals surface area contributed by atoms with Gasteiger partial charge in [0, 0.05) is 15.5 Å². The highest BCUT2D eigenvalue weighted by atomic mass is 79.9. The first-order valence-corrected chi connectivity index (χ1v) is 10.4. The normalized spacial score (nSPS) is 33.9. The van der Waals surface area contributed by atoms with Crippen molar-refractivity contribution < 1.29 is 4.74 Å². The molecule has 0 saturated heterocycles. The van der Waals surface area contributed by atoms with Gasteiger partial charge in [0.25, 0.3) is 0 Å². The number of hydrogen-bond acceptors (Lipinski definition) is 3. The fourth-order valence-corrected chi connectivity index (χ4v) is 5.54. The van der Waals surface area contributed by atoms with Crippen molar-refractivity contribution in [2.24, 2.45) is 10.4 Å². The highest BCUT2D eigenvalue weighted by molar-refractivity contribution is 9.10. The predicted molar refractivity (Wildman–Crippen MR) is 109 cm³/mol. The van der Waals surface area contributed by atoms with Crippen molar-refractivity contribution in [3.63, 3.8) is 0 Å². The summed E-state index contributed by atoms with van der Waals surface area (Å²) in [5.74, 6) is 0. The number of rotatable bonds is 2. The minimum Gasteiger partial charge on any atom is -0.376 e. The van der Waals surface area contributed by atoms with Crippen molar-refractivity contribution in [1.29, 1.82) is 0 Å². The van der Waals surface area contributed by atoms with Crippen molar-refractivity contribution >= 4 is 38.8 Å². The van der Waals surface area contributed by atoms with E-state index in [0.717, 1.165) is 47.3 Å². The Labute approximate surface area is 163 Å². The second-order valence-electron chi connectivity index (χ2n) is 8.00. The Morgan fingerprint density at radius 2 is 2.04 bits per heavy atom. The molecule has 1 aliphatic heterocycles. The van der Waals surface area contributed by atoms with E-state index in [-0.39, 0.29) is 5.41 Å². The third-order valence-electron chi connectivity index (χ3n) is 6.07. The zero-order valence-corrected chi connectivity index (χ0v) is 17.5. The average Bonchev–Trinajstić information content (AvgIpc) is 2.98. The summed E-state index contributed by atoms with van der Waals surface area (Å²) in [5.41, 5.74) is 3.36. The molecule has 1 heterocycles. The van der Waals surface area contributed by atoms with Crippen LogP contribution in [0.15, 0.2) is 27.7 Å². The van der Waals surface area contributed by atoms with Crippen molar-refractivity contribution in [3.8, 4) is 0 Å². The molecule has 1 fully saturated rings. The molecular formula is C20H25BrN2OS. The maximum Gasteiger partial charge on any atom is 0.162 e. The van der Waals surface area contributed by atoms with Crippen molar-refractivity contribution in [3.05, 3.63) is 33.8 Å². The van der Waals surface area contributed by atoms with Crippen LogP contribution in [0.4, 0.5) is 0 Å². The third kappa shape index (κ3) is 2.70. The molecule has 0 bridgehead atoms. The van der Waals surface area contributed by atoms with Gasteiger partial charge in [-0.25, -0.2) is 0 Å². The number of aliphatic imine (C=N–C) groups is 1. The van der Waals surface area contributed by atoms with Crippen LogP contribution in [0, 0.1) is 5.41 Å². The smallest absolute Gasteiger partial charge is 0.162 e. The highest BCUT2D eigenvalue weighted by Crippen LogP contribution is 2.60. The van der Waals surface area contributed by atoms with E-state index in [1.165, 1.54) is 11.1 Å². The van der Waals surface area contributed by atoms with Crippen LogP contribution in [0.2, 0.25) is 0 Å². The first kappa shape index (κ1) is 17.6. The van der Waals surface area contributed by atoms with Crippen LogP contribution in [0.5, 0.6) is 0 Å². The highest BCUT2D eigenvalue weighted by Gasteiger charge is 2.61. The summed E-state index contributed by atoms with van der Waals surface area (Å²) in [7, 11) is 0. The maximum absolute atomic E-state index is 6.09. The zero-order valence-electron chi connectivity index (χ0n) is 15.1. The van der Waals surface area contributed by atoms with Crippen LogP contribution < -0.4 is 5.32 Å². The lowest BCUT2D eigenvalue weighted by Gasteiger charge is -2.46. The molecule has 1 atom stereocenters. The molecule has 1 aromatic rings. The minimum atomic E-state index is -0.393. The molecule has 2 spiro atoms. The van der Waals surface area contributed by atoms with E-state index in [2.05, 4.69) is 53.3 Å². The Hall–Kier alpha value is -0.780. The largest absolute Gasteiger partial charge is 0.376 e. The van der Waals surface area contributed by atoms with Crippen LogP contribution in [-0.4, -0.2) is 22.9 Å². The number of hydrogen-bond donors (Lipinski definition) is 1. The van der Waals surface area contributed by atoms with Crippen LogP contribution in [-0.2, 0) is 16.8 Å². The standard InChI is InChI=1S/C20H25BrN2OS/c1-12(2)24-16-6-8-19(9-7-16)11-14-4-5-15(21)10-17(14)20(19)22-13(3)18(25)23-20/h4-5,10,12,16H,6-9,11H2,1-3H3,(H,23,25). The molecular weight excluding hydrogens is 396 g/mol. The molecule has 2 aliphatic carbocycles. The molecule has 134 valence electrons. The molecule has 0 aromatic heterocycles. The minimum absolute atomic E-state index is 0.0920. The van der Waals surface area contributed by atoms with Gasteiger partial charge in [0.1, 0.15) is 4.99 Å². The fraction of sp³-hybridized carbons (Fsp3) is 0.600. The van der Waals surface area contributed by atoms with Gasteiger partial charge in [0.2, 0.25) is 0 Å². The zero-order chi connectivity index (χ0) is 17.8. The monoisotopic (exact) mass is 420 g/mol. The van der Waals surface area contributed by atoms with E-state index < -0.39 is 5.66 Å². The van der Waals surface area contributed by atoms with Gasteiger partial charge in [-0.15, -0.1) is 0 Å². The number of thiocarbonyl (C=S) groups is 1. The maximum atomic E-state index is 6.09. The second kappa shape index (κ2) is 6.14. The Balaban J connectivity index is 1.73. The quantitative estimate of drug-likeness (QED) is 0.690. The first-order valence-electron chi connectivity index (χ1n) is 9.19. The summed E-state index contributed by atoms with van der Waals surface area (Å²) in [4.78, 5) is 5.95. The molecule has 3 aliphatic rings. The van der Waals surface area contributed by atoms with Crippen molar-refractivity contribution in [2.45, 2.75) is 70.7 Å². The molecule has 1 N–H and O–H groups in total. The molecule has 1 unspecified atom stereocenters. The molecule has 1 saturated carbocycles. The van der Waals surface area contributed by atoms with Gasteiger partial charge in [-0.05, 0) is 70.6 Å². The van der Waals surface area contributed by atoms with E-state index >= 15 is 0 Å². The van der Waals surface area contributed by atoms with E-state index in [9.17, 15) is 0 Å². The Morgan fingerprint density at radius 1 is 1.32 bits per heavy atom. The number of nitrogens with zero attached hydrogens (tertiary/aromatic N) is 1. The topological polar surface area (TPSA) is 33.6 Å². The van der Waals surface area contributed by atoms with Crippen LogP contribution >= 0.6 is 28.1 Å². The Bertz CT molecular complexity index is 752. The number of ether oxygens (including phenoxy) is 1. The molecule has 5 heteroatoms. The van der Waals surface area contributed by atoms with Gasteiger partial charge in [0.15, 0.2) is 5.66 Å². The van der Waals surface area contributed by atoms with Crippen molar-refractivity contribution in [1.82, 2.24) is 5.32 Å². The first-order chi connectivity index (χ1) is 11.9. The van der Waals surface area contributed by atoms with E-state index in [1.54, 1.807) is 0 Å². The summed E-state index contributed by atoms with van der Waals surface area (Å²) >= 11 is 9.21. The average molecular weight is 421 g/mol. The molecule has 0 radical (unpaired) electrons. The van der Waals surface area contributed by atoms with Gasteiger partial charge in [0.05, 0.1) is 17.9 Å². The Kier molecular flexibility index (Phi) is 4.33. The number of halogens is 1. The number of nitrogens with one attached hydrogen (secondary N) is 1. The van der Waals surface area contributed by atoms with Gasteiger partial charge < -0.3 is 10.1 Å². The molecule has 3 nitrogen and oxygen atoms in total. The fourth-order valence-electron chi connectivity index (χ4n) is 4.99. The van der Waals surface area contributed by atoms with Crippen molar-refractivity contribution in [2.75, 3.05) is 0 Å². The summed E-state index contributed by atoms with van der Waals surface area (Å²) < 4.78 is 7.20. The number of benzene rings is 1. The van der Waals surface area contributed by atoms with E-state index in [4.69, 9.17) is 21.9 Å².